The van der Waals surface area contributed by atoms with E-state index in [4.69, 9.17) is 4.74 Å². The Balaban J connectivity index is 4.63. The van der Waals surface area contributed by atoms with Crippen LogP contribution >= 0.6 is 0 Å². The molecular formula is C16H25NO6. The summed E-state index contributed by atoms with van der Waals surface area (Å²) in [5.41, 5.74) is -1.15. The fraction of sp³-hybridized carbons (Fsp3) is 0.625. The summed E-state index contributed by atoms with van der Waals surface area (Å²) in [4.78, 5) is 48.2. The second kappa shape index (κ2) is 9.76. The van der Waals surface area contributed by atoms with Gasteiger partial charge in [-0.3, -0.25) is 9.59 Å². The molecule has 0 radical (unpaired) electrons. The molecule has 0 aromatic carbocycles. The van der Waals surface area contributed by atoms with Crippen LogP contribution in [0.3, 0.4) is 0 Å². The van der Waals surface area contributed by atoms with Gasteiger partial charge in [0.25, 0.3) is 5.91 Å². The molecule has 1 amide bonds. The van der Waals surface area contributed by atoms with Crippen molar-refractivity contribution in [1.82, 2.24) is 4.90 Å². The average Bonchev–Trinajstić information content (AvgIpc) is 2.51. The summed E-state index contributed by atoms with van der Waals surface area (Å²) in [5.74, 6) is -2.66. The van der Waals surface area contributed by atoms with Gasteiger partial charge in [0.1, 0.15) is 6.61 Å². The third-order valence-electron chi connectivity index (χ3n) is 3.08. The fourth-order valence-electron chi connectivity index (χ4n) is 1.64. The molecule has 0 aliphatic carbocycles. The number of carbonyl (C=O) groups is 4. The lowest BCUT2D eigenvalue weighted by Gasteiger charge is -2.25. The molecule has 0 bridgehead atoms. The molecule has 7 heteroatoms. The van der Waals surface area contributed by atoms with Crippen LogP contribution in [-0.4, -0.2) is 54.8 Å². The summed E-state index contributed by atoms with van der Waals surface area (Å²) in [5, 5.41) is 0. The largest absolute Gasteiger partial charge is 0.463 e. The zero-order valence-electron chi connectivity index (χ0n) is 14.4. The molecule has 0 atom stereocenters. The molecule has 130 valence electrons. The number of amides is 1. The maximum Gasteiger partial charge on any atom is 0.331 e. The van der Waals surface area contributed by atoms with E-state index >= 15 is 0 Å². The number of carbonyl (C=O) groups excluding carboxylic acids is 4. The molecule has 0 aliphatic heterocycles. The minimum Gasteiger partial charge on any atom is -0.463 e. The molecular weight excluding hydrogens is 302 g/mol. The summed E-state index contributed by atoms with van der Waals surface area (Å²) < 4.78 is 9.55. The van der Waals surface area contributed by atoms with Crippen LogP contribution in [0.2, 0.25) is 0 Å². The van der Waals surface area contributed by atoms with E-state index in [2.05, 4.69) is 4.74 Å². The highest BCUT2D eigenvalue weighted by molar-refractivity contribution is 6.38. The number of hydrogen-bond acceptors (Lipinski definition) is 6. The Morgan fingerprint density at radius 3 is 1.83 bits per heavy atom. The monoisotopic (exact) mass is 327 g/mol. The highest BCUT2D eigenvalue weighted by Crippen LogP contribution is 2.18. The molecule has 0 spiro atoms. The predicted molar refractivity (Wildman–Crippen MR) is 83.4 cm³/mol. The summed E-state index contributed by atoms with van der Waals surface area (Å²) in [6.45, 7) is 9.06. The van der Waals surface area contributed by atoms with Gasteiger partial charge in [0, 0.05) is 25.2 Å². The Morgan fingerprint density at radius 1 is 0.913 bits per heavy atom. The zero-order chi connectivity index (χ0) is 18.0. The van der Waals surface area contributed by atoms with Crippen molar-refractivity contribution < 1.29 is 28.7 Å². The molecule has 0 saturated heterocycles. The lowest BCUT2D eigenvalue weighted by atomic mass is 9.88. The maximum absolute atomic E-state index is 12.2. The third kappa shape index (κ3) is 7.08. The smallest absolute Gasteiger partial charge is 0.331 e. The van der Waals surface area contributed by atoms with Gasteiger partial charge in [-0.1, -0.05) is 0 Å². The highest BCUT2D eigenvalue weighted by atomic mass is 16.5. The number of esters is 2. The number of nitrogens with zero attached hydrogens (tertiary/aromatic N) is 1. The molecule has 0 fully saturated rings. The fourth-order valence-corrected chi connectivity index (χ4v) is 1.64. The minimum absolute atomic E-state index is 0.202. The highest BCUT2D eigenvalue weighted by Gasteiger charge is 2.36. The van der Waals surface area contributed by atoms with Crippen LogP contribution in [0.1, 0.15) is 34.6 Å². The summed E-state index contributed by atoms with van der Waals surface area (Å²) in [7, 11) is 0. The summed E-state index contributed by atoms with van der Waals surface area (Å²) >= 11 is 0. The molecule has 0 saturated carbocycles. The molecule has 7 nitrogen and oxygen atoms in total. The van der Waals surface area contributed by atoms with Crippen LogP contribution in [0, 0.1) is 5.41 Å². The van der Waals surface area contributed by atoms with Crippen LogP contribution in [0.15, 0.2) is 12.2 Å². The van der Waals surface area contributed by atoms with Gasteiger partial charge in [-0.15, -0.1) is 0 Å². The van der Waals surface area contributed by atoms with E-state index in [1.807, 2.05) is 0 Å². The molecule has 0 N–H and O–H groups in total. The van der Waals surface area contributed by atoms with E-state index in [1.165, 1.54) is 18.7 Å². The van der Waals surface area contributed by atoms with Gasteiger partial charge in [0.15, 0.2) is 0 Å². The first-order chi connectivity index (χ1) is 10.7. The lowest BCUT2D eigenvalue weighted by Crippen LogP contribution is -2.44. The molecule has 23 heavy (non-hydrogen) atoms. The van der Waals surface area contributed by atoms with Crippen LogP contribution in [0.5, 0.6) is 0 Å². The first kappa shape index (κ1) is 20.8. The van der Waals surface area contributed by atoms with Crippen molar-refractivity contribution in [2.75, 3.05) is 26.3 Å². The zero-order valence-corrected chi connectivity index (χ0v) is 14.4. The van der Waals surface area contributed by atoms with E-state index in [0.29, 0.717) is 13.1 Å². The van der Waals surface area contributed by atoms with Crippen LogP contribution in [0.25, 0.3) is 0 Å². The van der Waals surface area contributed by atoms with Crippen molar-refractivity contribution >= 4 is 23.6 Å². The first-order valence-corrected chi connectivity index (χ1v) is 7.54. The Kier molecular flexibility index (Phi) is 8.83. The van der Waals surface area contributed by atoms with E-state index in [-0.39, 0.29) is 13.2 Å². The van der Waals surface area contributed by atoms with Gasteiger partial charge in [-0.05, 0) is 34.6 Å². The van der Waals surface area contributed by atoms with Gasteiger partial charge in [0.05, 0.1) is 12.0 Å². The van der Waals surface area contributed by atoms with Crippen molar-refractivity contribution in [3.05, 3.63) is 12.2 Å². The quantitative estimate of drug-likeness (QED) is 0.358. The van der Waals surface area contributed by atoms with Crippen molar-refractivity contribution in [3.63, 3.8) is 0 Å². The van der Waals surface area contributed by atoms with Crippen LogP contribution < -0.4 is 0 Å². The standard InChI is InChI=1S/C16H25NO6/c1-6-17(7-2)15(21)14(20)16(4,5)11-23-13(19)10-9-12(18)22-8-3/h9-10H,6-8,11H2,1-5H3/b10-9+. The average molecular weight is 327 g/mol. The Hall–Kier alpha value is -2.18. The Labute approximate surface area is 136 Å². The predicted octanol–water partition coefficient (Wildman–Crippen LogP) is 1.11. The van der Waals surface area contributed by atoms with E-state index in [1.54, 1.807) is 20.8 Å². The van der Waals surface area contributed by atoms with Gasteiger partial charge in [-0.25, -0.2) is 9.59 Å². The van der Waals surface area contributed by atoms with Crippen LogP contribution in [0.4, 0.5) is 0 Å². The van der Waals surface area contributed by atoms with E-state index in [0.717, 1.165) is 12.2 Å². The first-order valence-electron chi connectivity index (χ1n) is 7.54. The van der Waals surface area contributed by atoms with Gasteiger partial charge in [0.2, 0.25) is 5.78 Å². The minimum atomic E-state index is -1.15. The van der Waals surface area contributed by atoms with Gasteiger partial charge >= 0.3 is 11.9 Å². The van der Waals surface area contributed by atoms with Crippen LogP contribution in [-0.2, 0) is 28.7 Å². The molecule has 0 aromatic heterocycles. The second-order valence-corrected chi connectivity index (χ2v) is 5.38. The number of ether oxygens (including phenoxy) is 2. The molecule has 0 heterocycles. The molecule has 0 rings (SSSR count). The van der Waals surface area contributed by atoms with E-state index < -0.39 is 29.0 Å². The summed E-state index contributed by atoms with van der Waals surface area (Å²) in [6.07, 6.45) is 1.87. The molecule has 0 unspecified atom stereocenters. The lowest BCUT2D eigenvalue weighted by molar-refractivity contribution is -0.153. The Morgan fingerprint density at radius 2 is 1.39 bits per heavy atom. The van der Waals surface area contributed by atoms with Crippen molar-refractivity contribution in [2.45, 2.75) is 34.6 Å². The number of Topliss-reactive ketones (excluding diaryl/α,β-unsaturated/α-hetero) is 1. The third-order valence-corrected chi connectivity index (χ3v) is 3.08. The number of rotatable bonds is 9. The van der Waals surface area contributed by atoms with E-state index in [9.17, 15) is 19.2 Å². The van der Waals surface area contributed by atoms with Gasteiger partial charge in [-0.2, -0.15) is 0 Å². The van der Waals surface area contributed by atoms with Crippen molar-refractivity contribution in [3.8, 4) is 0 Å². The summed E-state index contributed by atoms with van der Waals surface area (Å²) in [6, 6.07) is 0. The molecule has 0 aromatic rings. The Bertz CT molecular complexity index is 477. The molecule has 0 aliphatic rings. The van der Waals surface area contributed by atoms with Gasteiger partial charge < -0.3 is 14.4 Å². The number of hydrogen-bond donors (Lipinski definition) is 0. The normalized spacial score (nSPS) is 11.2. The maximum atomic E-state index is 12.2. The number of likely N-dealkylation sites (N-methyl/N-ethyl adjacent to an activating group) is 1. The topological polar surface area (TPSA) is 90.0 Å². The van der Waals surface area contributed by atoms with Crippen molar-refractivity contribution in [1.29, 1.82) is 0 Å². The second-order valence-electron chi connectivity index (χ2n) is 5.38. The SMILES string of the molecule is CCOC(=O)/C=C/C(=O)OCC(C)(C)C(=O)C(=O)N(CC)CC. The van der Waals surface area contributed by atoms with Crippen molar-refractivity contribution in [2.24, 2.45) is 5.41 Å². The number of ketones is 1.